The van der Waals surface area contributed by atoms with Crippen molar-refractivity contribution in [1.29, 1.82) is 0 Å². The lowest BCUT2D eigenvalue weighted by molar-refractivity contribution is -0.139. The van der Waals surface area contributed by atoms with E-state index in [1.165, 1.54) is 23.9 Å². The zero-order chi connectivity index (χ0) is 23.8. The van der Waals surface area contributed by atoms with Crippen molar-refractivity contribution in [3.05, 3.63) is 100 Å². The molecule has 0 amide bonds. The van der Waals surface area contributed by atoms with Gasteiger partial charge in [-0.05, 0) is 62.5 Å². The van der Waals surface area contributed by atoms with Gasteiger partial charge in [0.1, 0.15) is 5.75 Å². The first kappa shape index (κ1) is 24.9. The molecule has 0 aromatic heterocycles. The van der Waals surface area contributed by atoms with E-state index >= 15 is 0 Å². The fourth-order valence-electron chi connectivity index (χ4n) is 3.09. The highest BCUT2D eigenvalue weighted by Gasteiger charge is 2.22. The van der Waals surface area contributed by atoms with E-state index in [-0.39, 0.29) is 5.56 Å². The summed E-state index contributed by atoms with van der Waals surface area (Å²) in [4.78, 5) is 11.6. The van der Waals surface area contributed by atoms with E-state index in [2.05, 4.69) is 15.9 Å². The Hall–Kier alpha value is -2.71. The van der Waals surface area contributed by atoms with E-state index in [1.54, 1.807) is 24.3 Å². The smallest absolute Gasteiger partial charge is 0.341 e. The molecule has 0 saturated carbocycles. The standard InChI is InChI=1S/C25H20BrF3O3S/c26-21-14-19(32-15-23(30)31)9-10-22(21)33-12-11-20(16-5-2-1-3-6-16)17-7-4-8-18(13-17)24(27)25(28)29/h1-11,13-14,24-25H,12,15H2,(H,30,31). The lowest BCUT2D eigenvalue weighted by Crippen LogP contribution is -2.09. The van der Waals surface area contributed by atoms with Crippen LogP contribution in [-0.2, 0) is 4.79 Å². The van der Waals surface area contributed by atoms with E-state index in [1.807, 2.05) is 42.5 Å². The lowest BCUT2D eigenvalue weighted by atomic mass is 9.95. The highest BCUT2D eigenvalue weighted by Crippen LogP contribution is 2.33. The van der Waals surface area contributed by atoms with E-state index in [4.69, 9.17) is 9.84 Å². The number of carbonyl (C=O) groups is 1. The first-order valence-corrected chi connectivity index (χ1v) is 11.7. The quantitative estimate of drug-likeness (QED) is 0.274. The summed E-state index contributed by atoms with van der Waals surface area (Å²) in [6.45, 7) is -0.424. The molecule has 172 valence electrons. The number of alkyl halides is 3. The van der Waals surface area contributed by atoms with Crippen molar-refractivity contribution in [1.82, 2.24) is 0 Å². The molecule has 1 unspecified atom stereocenters. The normalized spacial score (nSPS) is 12.6. The van der Waals surface area contributed by atoms with Crippen molar-refractivity contribution in [2.75, 3.05) is 12.4 Å². The Kier molecular flexibility index (Phi) is 9.03. The number of carboxylic acids is 1. The SMILES string of the molecule is O=C(O)COc1ccc(SCC=C(c2ccccc2)c2cccc(C(F)C(F)F)c2)c(Br)c1. The van der Waals surface area contributed by atoms with Crippen LogP contribution in [0.2, 0.25) is 0 Å². The van der Waals surface area contributed by atoms with Gasteiger partial charge < -0.3 is 9.84 Å². The maximum absolute atomic E-state index is 13.9. The van der Waals surface area contributed by atoms with Crippen molar-refractivity contribution >= 4 is 39.2 Å². The topological polar surface area (TPSA) is 46.5 Å². The maximum Gasteiger partial charge on any atom is 0.341 e. The molecule has 8 heteroatoms. The summed E-state index contributed by atoms with van der Waals surface area (Å²) >= 11 is 4.99. The summed E-state index contributed by atoms with van der Waals surface area (Å²) in [6.07, 6.45) is -3.45. The van der Waals surface area contributed by atoms with Crippen LogP contribution in [0.15, 0.2) is 88.2 Å². The molecular formula is C25H20BrF3O3S. The van der Waals surface area contributed by atoms with Crippen LogP contribution in [-0.4, -0.2) is 29.9 Å². The van der Waals surface area contributed by atoms with Gasteiger partial charge in [0, 0.05) is 15.1 Å². The number of hydrogen-bond acceptors (Lipinski definition) is 3. The van der Waals surface area contributed by atoms with Gasteiger partial charge in [-0.15, -0.1) is 11.8 Å². The molecule has 0 aliphatic rings. The molecule has 3 aromatic carbocycles. The number of halogens is 4. The number of ether oxygens (including phenoxy) is 1. The zero-order valence-electron chi connectivity index (χ0n) is 17.3. The summed E-state index contributed by atoms with van der Waals surface area (Å²) < 4.78 is 45.6. The van der Waals surface area contributed by atoms with Crippen molar-refractivity contribution in [3.63, 3.8) is 0 Å². The molecule has 0 aliphatic carbocycles. The zero-order valence-corrected chi connectivity index (χ0v) is 19.7. The molecule has 0 bridgehead atoms. The number of thioether (sulfide) groups is 1. The minimum absolute atomic E-state index is 0.0586. The van der Waals surface area contributed by atoms with E-state index < -0.39 is 25.2 Å². The number of hydrogen-bond donors (Lipinski definition) is 1. The minimum Gasteiger partial charge on any atom is -0.482 e. The van der Waals surface area contributed by atoms with Gasteiger partial charge in [0.25, 0.3) is 6.43 Å². The number of aliphatic carboxylic acids is 1. The average Bonchev–Trinajstić information content (AvgIpc) is 2.81. The van der Waals surface area contributed by atoms with Crippen molar-refractivity contribution in [2.45, 2.75) is 17.5 Å². The predicted molar refractivity (Wildman–Crippen MR) is 128 cm³/mol. The molecule has 3 nitrogen and oxygen atoms in total. The molecule has 3 aromatic rings. The first-order chi connectivity index (χ1) is 15.8. The van der Waals surface area contributed by atoms with Crippen LogP contribution in [0.25, 0.3) is 5.57 Å². The third-order valence-electron chi connectivity index (χ3n) is 4.61. The fraction of sp³-hybridized carbons (Fsp3) is 0.160. The fourth-order valence-corrected chi connectivity index (χ4v) is 4.58. The van der Waals surface area contributed by atoms with Gasteiger partial charge >= 0.3 is 5.97 Å². The lowest BCUT2D eigenvalue weighted by Gasteiger charge is -2.13. The summed E-state index contributed by atoms with van der Waals surface area (Å²) in [5.74, 6) is -0.0679. The third kappa shape index (κ3) is 7.14. The van der Waals surface area contributed by atoms with Gasteiger partial charge in [-0.25, -0.2) is 18.0 Å². The van der Waals surface area contributed by atoms with E-state index in [0.29, 0.717) is 17.1 Å². The summed E-state index contributed by atoms with van der Waals surface area (Å²) in [7, 11) is 0. The Morgan fingerprint density at radius 2 is 1.73 bits per heavy atom. The maximum atomic E-state index is 13.9. The summed E-state index contributed by atoms with van der Waals surface area (Å²) in [5.41, 5.74) is 2.29. The Morgan fingerprint density at radius 3 is 2.39 bits per heavy atom. The summed E-state index contributed by atoms with van der Waals surface area (Å²) in [6, 6.07) is 20.8. The Morgan fingerprint density at radius 1 is 1.00 bits per heavy atom. The van der Waals surface area contributed by atoms with Gasteiger partial charge in [0.05, 0.1) is 0 Å². The molecule has 33 heavy (non-hydrogen) atoms. The van der Waals surface area contributed by atoms with Gasteiger partial charge in [-0.2, -0.15) is 0 Å². The monoisotopic (exact) mass is 536 g/mol. The van der Waals surface area contributed by atoms with Crippen LogP contribution in [0, 0.1) is 0 Å². The number of carboxylic acid groups (broad SMARTS) is 1. The average molecular weight is 537 g/mol. The molecule has 0 fully saturated rings. The molecular weight excluding hydrogens is 517 g/mol. The van der Waals surface area contributed by atoms with Crippen LogP contribution in [0.3, 0.4) is 0 Å². The summed E-state index contributed by atoms with van der Waals surface area (Å²) in [5, 5.41) is 8.72. The molecule has 0 aliphatic heterocycles. The van der Waals surface area contributed by atoms with E-state index in [0.717, 1.165) is 20.5 Å². The molecule has 0 radical (unpaired) electrons. The van der Waals surface area contributed by atoms with Crippen LogP contribution in [0.4, 0.5) is 13.2 Å². The molecule has 1 N–H and O–H groups in total. The highest BCUT2D eigenvalue weighted by molar-refractivity contribution is 9.10. The van der Waals surface area contributed by atoms with E-state index in [9.17, 15) is 18.0 Å². The predicted octanol–water partition coefficient (Wildman–Crippen LogP) is 7.41. The Bertz CT molecular complexity index is 1120. The van der Waals surface area contributed by atoms with Crippen molar-refractivity contribution in [2.24, 2.45) is 0 Å². The molecule has 0 spiro atoms. The largest absolute Gasteiger partial charge is 0.482 e. The highest BCUT2D eigenvalue weighted by atomic mass is 79.9. The van der Waals surface area contributed by atoms with Crippen LogP contribution in [0.1, 0.15) is 22.9 Å². The van der Waals surface area contributed by atoms with Crippen LogP contribution in [0.5, 0.6) is 5.75 Å². The third-order valence-corrected chi connectivity index (χ3v) is 6.53. The Balaban J connectivity index is 1.83. The number of rotatable bonds is 10. The molecule has 0 saturated heterocycles. The van der Waals surface area contributed by atoms with Gasteiger partial charge in [-0.3, -0.25) is 0 Å². The second kappa shape index (κ2) is 12.0. The van der Waals surface area contributed by atoms with Gasteiger partial charge in [0.2, 0.25) is 0 Å². The van der Waals surface area contributed by atoms with Gasteiger partial charge in [0.15, 0.2) is 12.8 Å². The molecule has 0 heterocycles. The van der Waals surface area contributed by atoms with Crippen LogP contribution >= 0.6 is 27.7 Å². The van der Waals surface area contributed by atoms with Crippen molar-refractivity contribution in [3.8, 4) is 5.75 Å². The molecule has 1 atom stereocenters. The minimum atomic E-state index is -3.08. The Labute approximate surface area is 202 Å². The molecule has 3 rings (SSSR count). The second-order valence-corrected chi connectivity index (χ2v) is 8.85. The van der Waals surface area contributed by atoms with Crippen molar-refractivity contribution < 1.29 is 27.8 Å². The first-order valence-electron chi connectivity index (χ1n) is 9.90. The number of benzene rings is 3. The second-order valence-electron chi connectivity index (χ2n) is 6.93. The van der Waals surface area contributed by atoms with Gasteiger partial charge in [-0.1, -0.05) is 54.6 Å². The van der Waals surface area contributed by atoms with Crippen LogP contribution < -0.4 is 4.74 Å².